The lowest BCUT2D eigenvalue weighted by Gasteiger charge is -2.16. The number of nitrogens with one attached hydrogen (secondary N) is 1. The van der Waals surface area contributed by atoms with Crippen molar-refractivity contribution in [1.29, 1.82) is 0 Å². The first-order valence-electron chi connectivity index (χ1n) is 9.77. The van der Waals surface area contributed by atoms with Gasteiger partial charge in [-0.05, 0) is 37.1 Å². The monoisotopic (exact) mass is 421 g/mol. The number of amides is 2. The van der Waals surface area contributed by atoms with Crippen LogP contribution in [0, 0.1) is 6.92 Å². The molecule has 1 aromatic heterocycles. The van der Waals surface area contributed by atoms with E-state index in [-0.39, 0.29) is 24.1 Å². The highest BCUT2D eigenvalue weighted by atomic mass is 32.2. The van der Waals surface area contributed by atoms with Gasteiger partial charge in [-0.1, -0.05) is 47.7 Å². The average molecular weight is 422 g/mol. The predicted molar refractivity (Wildman–Crippen MR) is 117 cm³/mol. The highest BCUT2D eigenvalue weighted by molar-refractivity contribution is 7.99. The second kappa shape index (κ2) is 8.71. The van der Waals surface area contributed by atoms with E-state index in [1.165, 1.54) is 17.3 Å². The molecular formula is C22H23N5O2S. The third-order valence-corrected chi connectivity index (χ3v) is 6.13. The van der Waals surface area contributed by atoms with Gasteiger partial charge in [0.1, 0.15) is 0 Å². The Morgan fingerprint density at radius 1 is 1.13 bits per heavy atom. The molecule has 1 aliphatic heterocycles. The summed E-state index contributed by atoms with van der Waals surface area (Å²) in [6.45, 7) is 2.93. The lowest BCUT2D eigenvalue weighted by molar-refractivity contribution is -0.116. The number of rotatable bonds is 6. The van der Waals surface area contributed by atoms with Crippen molar-refractivity contribution in [2.45, 2.75) is 25.0 Å². The third kappa shape index (κ3) is 4.23. The molecule has 1 N–H and O–H groups in total. The van der Waals surface area contributed by atoms with E-state index in [0.717, 1.165) is 17.7 Å². The number of hydrogen-bond acceptors (Lipinski definition) is 5. The molecule has 8 heteroatoms. The fraction of sp³-hybridized carbons (Fsp3) is 0.273. The van der Waals surface area contributed by atoms with Crippen molar-refractivity contribution in [3.8, 4) is 0 Å². The number of anilines is 1. The smallest absolute Gasteiger partial charge is 0.251 e. The zero-order valence-electron chi connectivity index (χ0n) is 17.0. The zero-order chi connectivity index (χ0) is 21.1. The lowest BCUT2D eigenvalue weighted by Crippen LogP contribution is -2.30. The van der Waals surface area contributed by atoms with Crippen LogP contribution < -0.4 is 10.2 Å². The van der Waals surface area contributed by atoms with Crippen LogP contribution in [0.1, 0.15) is 27.3 Å². The van der Waals surface area contributed by atoms with Gasteiger partial charge < -0.3 is 14.8 Å². The van der Waals surface area contributed by atoms with Crippen LogP contribution in [0.4, 0.5) is 5.69 Å². The first-order valence-corrected chi connectivity index (χ1v) is 10.8. The summed E-state index contributed by atoms with van der Waals surface area (Å²) in [5.74, 6) is 0.828. The Hall–Kier alpha value is -3.13. The summed E-state index contributed by atoms with van der Waals surface area (Å²) >= 11 is 1.36. The Morgan fingerprint density at radius 3 is 2.80 bits per heavy atom. The number of aryl methyl sites for hydroxylation is 1. The number of carbonyl (C=O) groups excluding carboxylic acids is 2. The second-order valence-electron chi connectivity index (χ2n) is 7.22. The molecule has 0 bridgehead atoms. The summed E-state index contributed by atoms with van der Waals surface area (Å²) in [5.41, 5.74) is 3.86. The van der Waals surface area contributed by atoms with Gasteiger partial charge in [-0.3, -0.25) is 9.59 Å². The van der Waals surface area contributed by atoms with Gasteiger partial charge >= 0.3 is 0 Å². The van der Waals surface area contributed by atoms with E-state index in [4.69, 9.17) is 0 Å². The van der Waals surface area contributed by atoms with Gasteiger partial charge in [-0.25, -0.2) is 0 Å². The number of nitrogens with zero attached hydrogens (tertiary/aromatic N) is 4. The minimum Gasteiger partial charge on any atom is -0.345 e. The summed E-state index contributed by atoms with van der Waals surface area (Å²) in [4.78, 5) is 26.9. The molecule has 2 aromatic carbocycles. The molecule has 0 aliphatic carbocycles. The molecule has 2 amide bonds. The van der Waals surface area contributed by atoms with Crippen LogP contribution >= 0.6 is 11.8 Å². The number of fused-ring (bicyclic) bond motifs is 1. The molecule has 0 fully saturated rings. The third-order valence-electron chi connectivity index (χ3n) is 5.13. The number of thioether (sulfide) groups is 1. The maximum Gasteiger partial charge on any atom is 0.251 e. The van der Waals surface area contributed by atoms with Gasteiger partial charge in [-0.15, -0.1) is 10.2 Å². The quantitative estimate of drug-likeness (QED) is 0.619. The van der Waals surface area contributed by atoms with E-state index in [9.17, 15) is 9.59 Å². The molecule has 0 atom stereocenters. The minimum absolute atomic E-state index is 0.0576. The molecule has 154 valence electrons. The molecule has 0 radical (unpaired) electrons. The summed E-state index contributed by atoms with van der Waals surface area (Å²) < 4.78 is 1.81. The van der Waals surface area contributed by atoms with Crippen molar-refractivity contribution in [2.75, 3.05) is 17.2 Å². The fourth-order valence-corrected chi connectivity index (χ4v) is 4.28. The van der Waals surface area contributed by atoms with Crippen molar-refractivity contribution >= 4 is 29.3 Å². The molecule has 1 aliphatic rings. The van der Waals surface area contributed by atoms with Crippen molar-refractivity contribution in [3.63, 3.8) is 0 Å². The average Bonchev–Trinajstić information content (AvgIpc) is 3.34. The molecule has 3 aromatic rings. The maximum absolute atomic E-state index is 12.7. The topological polar surface area (TPSA) is 80.1 Å². The van der Waals surface area contributed by atoms with Crippen LogP contribution in [0.25, 0.3) is 0 Å². The number of benzene rings is 2. The van der Waals surface area contributed by atoms with E-state index in [2.05, 4.69) is 21.6 Å². The molecule has 0 saturated heterocycles. The van der Waals surface area contributed by atoms with Gasteiger partial charge in [0.25, 0.3) is 5.91 Å². The summed E-state index contributed by atoms with van der Waals surface area (Å²) in [7, 11) is 1.84. The number of hydrogen-bond donors (Lipinski definition) is 1. The SMILES string of the molecule is Cc1cccc(C(=O)NCc2nnc(SCC(=O)N3CCc4ccccc43)n2C)c1. The van der Waals surface area contributed by atoms with Crippen LogP contribution in [0.2, 0.25) is 0 Å². The fourth-order valence-electron chi connectivity index (χ4n) is 3.47. The largest absolute Gasteiger partial charge is 0.345 e. The Balaban J connectivity index is 1.33. The van der Waals surface area contributed by atoms with Crippen molar-refractivity contribution in [3.05, 3.63) is 71.0 Å². The van der Waals surface area contributed by atoms with Crippen LogP contribution in [0.15, 0.2) is 53.7 Å². The van der Waals surface area contributed by atoms with Gasteiger partial charge in [0.15, 0.2) is 11.0 Å². The Morgan fingerprint density at radius 2 is 1.97 bits per heavy atom. The number of aromatic nitrogens is 3. The number of carbonyl (C=O) groups is 2. The van der Waals surface area contributed by atoms with Crippen molar-refractivity contribution in [2.24, 2.45) is 7.05 Å². The summed E-state index contributed by atoms with van der Waals surface area (Å²) in [6.07, 6.45) is 0.890. The van der Waals surface area contributed by atoms with Crippen LogP contribution in [0.5, 0.6) is 0 Å². The zero-order valence-corrected chi connectivity index (χ0v) is 17.8. The first kappa shape index (κ1) is 20.2. The molecule has 30 heavy (non-hydrogen) atoms. The Bertz CT molecular complexity index is 1090. The van der Waals surface area contributed by atoms with Gasteiger partial charge in [0, 0.05) is 24.8 Å². The van der Waals surface area contributed by atoms with Crippen molar-refractivity contribution in [1.82, 2.24) is 20.1 Å². The Labute approximate surface area is 179 Å². The predicted octanol–water partition coefficient (Wildman–Crippen LogP) is 2.73. The first-order chi connectivity index (χ1) is 14.5. The summed E-state index contributed by atoms with van der Waals surface area (Å²) in [5, 5.41) is 11.9. The lowest BCUT2D eigenvalue weighted by atomic mass is 10.1. The standard InChI is InChI=1S/C22H23N5O2S/c1-15-6-5-8-17(12-15)21(29)23-13-19-24-25-22(26(19)2)30-14-20(28)27-11-10-16-7-3-4-9-18(16)27/h3-9,12H,10-11,13-14H2,1-2H3,(H,23,29). The van der Waals surface area contributed by atoms with E-state index in [0.29, 0.717) is 23.1 Å². The normalized spacial score (nSPS) is 12.7. The molecule has 7 nitrogen and oxygen atoms in total. The van der Waals surface area contributed by atoms with E-state index in [1.807, 2.05) is 59.8 Å². The van der Waals surface area contributed by atoms with Gasteiger partial charge in [0.2, 0.25) is 5.91 Å². The van der Waals surface area contributed by atoms with E-state index in [1.54, 1.807) is 6.07 Å². The molecular weight excluding hydrogens is 398 g/mol. The van der Waals surface area contributed by atoms with Gasteiger partial charge in [0.05, 0.1) is 12.3 Å². The molecule has 0 spiro atoms. The van der Waals surface area contributed by atoms with E-state index >= 15 is 0 Å². The molecule has 2 heterocycles. The highest BCUT2D eigenvalue weighted by Gasteiger charge is 2.24. The molecule has 4 rings (SSSR count). The Kier molecular flexibility index (Phi) is 5.85. The maximum atomic E-state index is 12.7. The van der Waals surface area contributed by atoms with E-state index < -0.39 is 0 Å². The highest BCUT2D eigenvalue weighted by Crippen LogP contribution is 2.28. The van der Waals surface area contributed by atoms with Crippen LogP contribution in [0.3, 0.4) is 0 Å². The van der Waals surface area contributed by atoms with Crippen LogP contribution in [-0.2, 0) is 24.8 Å². The summed E-state index contributed by atoms with van der Waals surface area (Å²) in [6, 6.07) is 15.4. The minimum atomic E-state index is -0.154. The van der Waals surface area contributed by atoms with Gasteiger partial charge in [-0.2, -0.15) is 0 Å². The van der Waals surface area contributed by atoms with Crippen LogP contribution in [-0.4, -0.2) is 38.9 Å². The molecule has 0 saturated carbocycles. The number of para-hydroxylation sites is 1. The van der Waals surface area contributed by atoms with Crippen molar-refractivity contribution < 1.29 is 9.59 Å². The second-order valence-corrected chi connectivity index (χ2v) is 8.17. The molecule has 0 unspecified atom stereocenters.